The normalized spacial score (nSPS) is 19.2. The minimum Gasteiger partial charge on any atom is -0.338 e. The molecule has 2 rings (SSSR count). The summed E-state index contributed by atoms with van der Waals surface area (Å²) in [5.74, 6) is 1.78. The van der Waals surface area contributed by atoms with Crippen LogP contribution < -0.4 is 5.32 Å². The van der Waals surface area contributed by atoms with E-state index in [4.69, 9.17) is 0 Å². The van der Waals surface area contributed by atoms with Crippen LogP contribution in [0.15, 0.2) is 12.7 Å². The first kappa shape index (κ1) is 17.5. The zero-order valence-electron chi connectivity index (χ0n) is 12.5. The molecule has 2 fully saturated rings. The zero-order chi connectivity index (χ0) is 13.5. The van der Waals surface area contributed by atoms with Gasteiger partial charge in [-0.2, -0.15) is 0 Å². The summed E-state index contributed by atoms with van der Waals surface area (Å²) in [7, 11) is 0. The molecule has 4 heteroatoms. The van der Waals surface area contributed by atoms with Crippen LogP contribution in [0.5, 0.6) is 0 Å². The van der Waals surface area contributed by atoms with Gasteiger partial charge in [0.15, 0.2) is 0 Å². The van der Waals surface area contributed by atoms with Crippen molar-refractivity contribution < 1.29 is 4.79 Å². The first-order chi connectivity index (χ1) is 9.29. The summed E-state index contributed by atoms with van der Waals surface area (Å²) in [6.45, 7) is 6.91. The highest BCUT2D eigenvalue weighted by Crippen LogP contribution is 2.27. The summed E-state index contributed by atoms with van der Waals surface area (Å²) in [4.78, 5) is 14.2. The fraction of sp³-hybridized carbons (Fsp3) is 0.812. The Morgan fingerprint density at radius 2 is 1.85 bits per heavy atom. The van der Waals surface area contributed by atoms with Gasteiger partial charge in [0.1, 0.15) is 0 Å². The summed E-state index contributed by atoms with van der Waals surface area (Å²) in [5.41, 5.74) is 0. The van der Waals surface area contributed by atoms with Gasteiger partial charge in [-0.15, -0.1) is 19.0 Å². The highest BCUT2D eigenvalue weighted by molar-refractivity contribution is 5.85. The molecule has 2 aliphatic carbocycles. The molecule has 2 saturated carbocycles. The van der Waals surface area contributed by atoms with Gasteiger partial charge in [0.2, 0.25) is 5.91 Å². The van der Waals surface area contributed by atoms with Gasteiger partial charge >= 0.3 is 0 Å². The van der Waals surface area contributed by atoms with Crippen LogP contribution >= 0.6 is 12.4 Å². The zero-order valence-corrected chi connectivity index (χ0v) is 13.3. The van der Waals surface area contributed by atoms with Crippen molar-refractivity contribution in [2.24, 2.45) is 11.8 Å². The number of amides is 1. The van der Waals surface area contributed by atoms with E-state index in [9.17, 15) is 4.79 Å². The van der Waals surface area contributed by atoms with E-state index in [1.165, 1.54) is 44.9 Å². The number of rotatable bonds is 8. The number of halogens is 1. The van der Waals surface area contributed by atoms with Crippen molar-refractivity contribution in [1.82, 2.24) is 10.2 Å². The third kappa shape index (κ3) is 6.27. The summed E-state index contributed by atoms with van der Waals surface area (Å²) >= 11 is 0. The SMILES string of the molecule is C=CCN(CC1CCCCC1)C(=O)CNCC1CC1.Cl. The molecule has 0 saturated heterocycles. The molecule has 1 amide bonds. The van der Waals surface area contributed by atoms with Gasteiger partial charge in [0.05, 0.1) is 6.54 Å². The second kappa shape index (κ2) is 9.41. The average molecular weight is 301 g/mol. The van der Waals surface area contributed by atoms with Crippen molar-refractivity contribution in [3.05, 3.63) is 12.7 Å². The summed E-state index contributed by atoms with van der Waals surface area (Å²) < 4.78 is 0. The van der Waals surface area contributed by atoms with E-state index in [1.54, 1.807) is 0 Å². The van der Waals surface area contributed by atoms with Crippen molar-refractivity contribution in [3.63, 3.8) is 0 Å². The molecule has 0 spiro atoms. The van der Waals surface area contributed by atoms with E-state index in [1.807, 2.05) is 11.0 Å². The lowest BCUT2D eigenvalue weighted by Gasteiger charge is -2.29. The van der Waals surface area contributed by atoms with Crippen LogP contribution in [0.2, 0.25) is 0 Å². The molecule has 0 aromatic rings. The molecule has 0 atom stereocenters. The molecule has 2 aliphatic rings. The third-order valence-electron chi connectivity index (χ3n) is 4.31. The summed E-state index contributed by atoms with van der Waals surface area (Å²) in [6, 6.07) is 0. The predicted molar refractivity (Wildman–Crippen MR) is 86.2 cm³/mol. The fourth-order valence-electron chi connectivity index (χ4n) is 2.93. The maximum atomic E-state index is 12.2. The van der Waals surface area contributed by atoms with E-state index in [2.05, 4.69) is 11.9 Å². The fourth-order valence-corrected chi connectivity index (χ4v) is 2.93. The molecule has 0 radical (unpaired) electrons. The monoisotopic (exact) mass is 300 g/mol. The van der Waals surface area contributed by atoms with Crippen molar-refractivity contribution in [3.8, 4) is 0 Å². The van der Waals surface area contributed by atoms with E-state index in [0.717, 1.165) is 19.0 Å². The molecule has 3 nitrogen and oxygen atoms in total. The maximum Gasteiger partial charge on any atom is 0.236 e. The van der Waals surface area contributed by atoms with E-state index in [0.29, 0.717) is 19.0 Å². The maximum absolute atomic E-state index is 12.2. The average Bonchev–Trinajstić information content (AvgIpc) is 3.23. The molecule has 116 valence electrons. The lowest BCUT2D eigenvalue weighted by atomic mass is 9.89. The van der Waals surface area contributed by atoms with Crippen LogP contribution in [-0.4, -0.2) is 37.0 Å². The number of nitrogens with zero attached hydrogens (tertiary/aromatic N) is 1. The molecule has 0 aromatic heterocycles. The Hall–Kier alpha value is -0.540. The molecule has 20 heavy (non-hydrogen) atoms. The molecule has 0 aliphatic heterocycles. The number of nitrogens with one attached hydrogen (secondary N) is 1. The van der Waals surface area contributed by atoms with Gasteiger partial charge in [-0.05, 0) is 44.1 Å². The predicted octanol–water partition coefficient (Wildman–Crippen LogP) is 3.00. The Morgan fingerprint density at radius 3 is 2.45 bits per heavy atom. The van der Waals surface area contributed by atoms with Crippen molar-refractivity contribution in [1.29, 1.82) is 0 Å². The lowest BCUT2D eigenvalue weighted by molar-refractivity contribution is -0.130. The molecular weight excluding hydrogens is 272 g/mol. The Morgan fingerprint density at radius 1 is 1.15 bits per heavy atom. The van der Waals surface area contributed by atoms with Crippen molar-refractivity contribution >= 4 is 18.3 Å². The van der Waals surface area contributed by atoms with E-state index >= 15 is 0 Å². The quantitative estimate of drug-likeness (QED) is 0.699. The first-order valence-corrected chi connectivity index (χ1v) is 7.89. The van der Waals surface area contributed by atoms with Crippen LogP contribution in [0.1, 0.15) is 44.9 Å². The Balaban J connectivity index is 0.00000200. The minimum atomic E-state index is 0. The largest absolute Gasteiger partial charge is 0.338 e. The highest BCUT2D eigenvalue weighted by Gasteiger charge is 2.22. The molecule has 0 unspecified atom stereocenters. The molecule has 0 heterocycles. The Kier molecular flexibility index (Phi) is 8.24. The number of hydrogen-bond donors (Lipinski definition) is 1. The van der Waals surface area contributed by atoms with E-state index in [-0.39, 0.29) is 18.3 Å². The highest BCUT2D eigenvalue weighted by atomic mass is 35.5. The van der Waals surface area contributed by atoms with Crippen LogP contribution in [0.4, 0.5) is 0 Å². The van der Waals surface area contributed by atoms with Gasteiger partial charge in [0.25, 0.3) is 0 Å². The number of hydrogen-bond acceptors (Lipinski definition) is 2. The molecule has 0 aromatic carbocycles. The van der Waals surface area contributed by atoms with Gasteiger partial charge in [-0.3, -0.25) is 4.79 Å². The van der Waals surface area contributed by atoms with Gasteiger partial charge in [0, 0.05) is 13.1 Å². The lowest BCUT2D eigenvalue weighted by Crippen LogP contribution is -2.41. The topological polar surface area (TPSA) is 32.3 Å². The first-order valence-electron chi connectivity index (χ1n) is 7.89. The van der Waals surface area contributed by atoms with Gasteiger partial charge < -0.3 is 10.2 Å². The summed E-state index contributed by atoms with van der Waals surface area (Å²) in [6.07, 6.45) is 11.1. The van der Waals surface area contributed by atoms with Crippen LogP contribution in [0, 0.1) is 11.8 Å². The van der Waals surface area contributed by atoms with Gasteiger partial charge in [-0.25, -0.2) is 0 Å². The Labute approximate surface area is 129 Å². The van der Waals surface area contributed by atoms with Crippen LogP contribution in [0.25, 0.3) is 0 Å². The Bertz CT molecular complexity index is 299. The van der Waals surface area contributed by atoms with E-state index < -0.39 is 0 Å². The summed E-state index contributed by atoms with van der Waals surface area (Å²) in [5, 5.41) is 3.30. The molecular formula is C16H29ClN2O. The second-order valence-electron chi connectivity index (χ2n) is 6.17. The van der Waals surface area contributed by atoms with Crippen LogP contribution in [-0.2, 0) is 4.79 Å². The van der Waals surface area contributed by atoms with Crippen molar-refractivity contribution in [2.75, 3.05) is 26.2 Å². The second-order valence-corrected chi connectivity index (χ2v) is 6.17. The van der Waals surface area contributed by atoms with Crippen LogP contribution in [0.3, 0.4) is 0 Å². The third-order valence-corrected chi connectivity index (χ3v) is 4.31. The van der Waals surface area contributed by atoms with Crippen molar-refractivity contribution in [2.45, 2.75) is 44.9 Å². The smallest absolute Gasteiger partial charge is 0.236 e. The number of carbonyl (C=O) groups excluding carboxylic acids is 1. The molecule has 0 bridgehead atoms. The van der Waals surface area contributed by atoms with Gasteiger partial charge in [-0.1, -0.05) is 25.3 Å². The molecule has 1 N–H and O–H groups in total. The number of carbonyl (C=O) groups is 1. The standard InChI is InChI=1S/C16H28N2O.ClH/c1-2-10-18(13-15-6-4-3-5-7-15)16(19)12-17-11-14-8-9-14;/h2,14-15,17H,1,3-13H2;1H. The minimum absolute atomic E-state index is 0.